The lowest BCUT2D eigenvalue weighted by molar-refractivity contribution is -0.128. The van der Waals surface area contributed by atoms with Gasteiger partial charge in [0.05, 0.1) is 4.99 Å². The first-order chi connectivity index (χ1) is 9.86. The number of anilines is 1. The lowest BCUT2D eigenvalue weighted by atomic mass is 9.78. The quantitative estimate of drug-likeness (QED) is 0.871. The minimum Gasteiger partial charge on any atom is -0.392 e. The van der Waals surface area contributed by atoms with Gasteiger partial charge in [-0.3, -0.25) is 4.79 Å². The van der Waals surface area contributed by atoms with Gasteiger partial charge in [0.25, 0.3) is 0 Å². The van der Waals surface area contributed by atoms with Crippen molar-refractivity contribution in [1.82, 2.24) is 0 Å². The first kappa shape index (κ1) is 15.9. The van der Waals surface area contributed by atoms with Gasteiger partial charge in [0.15, 0.2) is 0 Å². The Morgan fingerprint density at radius 3 is 2.24 bits per heavy atom. The molecule has 5 heteroatoms. The van der Waals surface area contributed by atoms with Gasteiger partial charge in [0.2, 0.25) is 5.91 Å². The molecule has 0 atom stereocenters. The molecule has 2 N–H and O–H groups in total. The number of thiocarbonyl (C=S) groups is 1. The van der Waals surface area contributed by atoms with Gasteiger partial charge in [-0.25, -0.2) is 0 Å². The van der Waals surface area contributed by atoms with Crippen molar-refractivity contribution >= 4 is 28.8 Å². The molecule has 1 fully saturated rings. The molecule has 0 bridgehead atoms. The van der Waals surface area contributed by atoms with Crippen molar-refractivity contribution < 1.29 is 9.53 Å². The number of carbonyl (C=O) groups is 1. The molecule has 0 spiro atoms. The van der Waals surface area contributed by atoms with Crippen molar-refractivity contribution in [2.45, 2.75) is 26.7 Å². The van der Waals surface area contributed by atoms with E-state index >= 15 is 0 Å². The van der Waals surface area contributed by atoms with Crippen LogP contribution in [0, 0.1) is 19.3 Å². The predicted molar refractivity (Wildman–Crippen MR) is 88.6 cm³/mol. The highest BCUT2D eigenvalue weighted by Gasteiger charge is 2.44. The van der Waals surface area contributed by atoms with E-state index in [1.165, 1.54) is 0 Å². The monoisotopic (exact) mass is 306 g/mol. The standard InChI is InChI=1S/C16H22N2O2S/c1-11-8-12(2)10-13(9-11)18(3)15(19)16(14(17)21)4-6-20-7-5-16/h8-10H,4-7H2,1-3H3,(H2,17,21). The number of benzene rings is 1. The minimum atomic E-state index is -0.778. The van der Waals surface area contributed by atoms with Gasteiger partial charge >= 0.3 is 0 Å². The molecular weight excluding hydrogens is 284 g/mol. The van der Waals surface area contributed by atoms with Crippen molar-refractivity contribution in [3.63, 3.8) is 0 Å². The molecule has 0 unspecified atom stereocenters. The molecule has 1 aromatic carbocycles. The SMILES string of the molecule is Cc1cc(C)cc(N(C)C(=O)C2(C(N)=S)CCOCC2)c1. The van der Waals surface area contributed by atoms with Gasteiger partial charge in [-0.2, -0.15) is 0 Å². The molecule has 21 heavy (non-hydrogen) atoms. The van der Waals surface area contributed by atoms with E-state index in [1.54, 1.807) is 11.9 Å². The third-order valence-corrected chi connectivity index (χ3v) is 4.52. The van der Waals surface area contributed by atoms with E-state index in [0.29, 0.717) is 26.1 Å². The van der Waals surface area contributed by atoms with E-state index in [-0.39, 0.29) is 10.9 Å². The fourth-order valence-corrected chi connectivity index (χ4v) is 3.16. The smallest absolute Gasteiger partial charge is 0.239 e. The molecule has 114 valence electrons. The van der Waals surface area contributed by atoms with Crippen LogP contribution in [0.4, 0.5) is 5.69 Å². The molecule has 2 rings (SSSR count). The summed E-state index contributed by atoms with van der Waals surface area (Å²) in [5.74, 6) is -0.0386. The Balaban J connectivity index is 2.34. The van der Waals surface area contributed by atoms with Crippen LogP contribution in [0.5, 0.6) is 0 Å². The maximum Gasteiger partial charge on any atom is 0.239 e. The van der Waals surface area contributed by atoms with Gasteiger partial charge in [-0.05, 0) is 49.9 Å². The number of hydrogen-bond acceptors (Lipinski definition) is 3. The number of aryl methyl sites for hydroxylation is 2. The number of rotatable bonds is 3. The van der Waals surface area contributed by atoms with E-state index < -0.39 is 5.41 Å². The second-order valence-corrected chi connectivity index (χ2v) is 6.21. The van der Waals surface area contributed by atoms with Crippen LogP contribution < -0.4 is 10.6 Å². The predicted octanol–water partition coefficient (Wildman–Crippen LogP) is 2.35. The van der Waals surface area contributed by atoms with Crippen LogP contribution in [0.15, 0.2) is 18.2 Å². The zero-order valence-electron chi connectivity index (χ0n) is 12.8. The third-order valence-electron chi connectivity index (χ3n) is 4.13. The summed E-state index contributed by atoms with van der Waals surface area (Å²) in [7, 11) is 1.78. The lowest BCUT2D eigenvalue weighted by Crippen LogP contribution is -2.52. The maximum atomic E-state index is 13.0. The first-order valence-electron chi connectivity index (χ1n) is 7.11. The van der Waals surface area contributed by atoms with Crippen molar-refractivity contribution in [3.05, 3.63) is 29.3 Å². The van der Waals surface area contributed by atoms with Crippen molar-refractivity contribution in [3.8, 4) is 0 Å². The number of hydrogen-bond donors (Lipinski definition) is 1. The molecule has 4 nitrogen and oxygen atoms in total. The van der Waals surface area contributed by atoms with Crippen molar-refractivity contribution in [1.29, 1.82) is 0 Å². The lowest BCUT2D eigenvalue weighted by Gasteiger charge is -2.37. The molecule has 0 aliphatic carbocycles. The second kappa shape index (κ2) is 6.12. The highest BCUT2D eigenvalue weighted by molar-refractivity contribution is 7.80. The maximum absolute atomic E-state index is 13.0. The number of ether oxygens (including phenoxy) is 1. The summed E-state index contributed by atoms with van der Waals surface area (Å²) in [5, 5.41) is 0. The molecule has 1 amide bonds. The highest BCUT2D eigenvalue weighted by Crippen LogP contribution is 2.34. The van der Waals surface area contributed by atoms with E-state index in [9.17, 15) is 4.79 Å². The number of carbonyl (C=O) groups excluding carboxylic acids is 1. The highest BCUT2D eigenvalue weighted by atomic mass is 32.1. The summed E-state index contributed by atoms with van der Waals surface area (Å²) in [4.78, 5) is 14.9. The van der Waals surface area contributed by atoms with E-state index in [1.807, 2.05) is 26.0 Å². The number of nitrogens with two attached hydrogens (primary N) is 1. The van der Waals surface area contributed by atoms with Crippen LogP contribution in [0.2, 0.25) is 0 Å². The molecule has 0 aromatic heterocycles. The minimum absolute atomic E-state index is 0.0386. The molecule has 1 aliphatic rings. The summed E-state index contributed by atoms with van der Waals surface area (Å²) in [6.07, 6.45) is 1.10. The second-order valence-electron chi connectivity index (χ2n) is 5.77. The average molecular weight is 306 g/mol. The van der Waals surface area contributed by atoms with Crippen LogP contribution in [0.3, 0.4) is 0 Å². The molecule has 1 aromatic rings. The van der Waals surface area contributed by atoms with Crippen molar-refractivity contribution in [2.24, 2.45) is 11.1 Å². The topological polar surface area (TPSA) is 55.6 Å². The molecular formula is C16H22N2O2S. The van der Waals surface area contributed by atoms with Crippen LogP contribution in [-0.4, -0.2) is 31.2 Å². The Morgan fingerprint density at radius 2 is 1.76 bits per heavy atom. The van der Waals surface area contributed by atoms with Crippen molar-refractivity contribution in [2.75, 3.05) is 25.2 Å². The molecule has 1 aliphatic heterocycles. The first-order valence-corrected chi connectivity index (χ1v) is 7.52. The summed E-state index contributed by atoms with van der Waals surface area (Å²) in [6, 6.07) is 6.08. The largest absolute Gasteiger partial charge is 0.392 e. The van der Waals surface area contributed by atoms with Gasteiger partial charge < -0.3 is 15.4 Å². The summed E-state index contributed by atoms with van der Waals surface area (Å²) >= 11 is 5.20. The fourth-order valence-electron chi connectivity index (χ4n) is 2.87. The van der Waals surface area contributed by atoms with Gasteiger partial charge in [-0.1, -0.05) is 18.3 Å². The molecule has 1 heterocycles. The number of amides is 1. The third kappa shape index (κ3) is 3.09. The zero-order chi connectivity index (χ0) is 15.6. The Kier molecular flexibility index (Phi) is 4.64. The average Bonchev–Trinajstić information content (AvgIpc) is 2.45. The van der Waals surface area contributed by atoms with Gasteiger partial charge in [-0.15, -0.1) is 0 Å². The normalized spacial score (nSPS) is 17.3. The Labute approximate surface area is 131 Å². The van der Waals surface area contributed by atoms with E-state index in [0.717, 1.165) is 16.8 Å². The molecule has 1 saturated heterocycles. The Hall–Kier alpha value is -1.46. The zero-order valence-corrected chi connectivity index (χ0v) is 13.6. The fraction of sp³-hybridized carbons (Fsp3) is 0.500. The Morgan fingerprint density at radius 1 is 1.24 bits per heavy atom. The summed E-state index contributed by atoms with van der Waals surface area (Å²) < 4.78 is 5.36. The molecule has 0 radical (unpaired) electrons. The van der Waals surface area contributed by atoms with E-state index in [2.05, 4.69) is 6.07 Å². The van der Waals surface area contributed by atoms with Crippen LogP contribution in [0.1, 0.15) is 24.0 Å². The van der Waals surface area contributed by atoms with Crippen LogP contribution in [0.25, 0.3) is 0 Å². The summed E-state index contributed by atoms with van der Waals surface area (Å²) in [5.41, 5.74) is 8.26. The number of nitrogens with zero attached hydrogens (tertiary/aromatic N) is 1. The van der Waals surface area contributed by atoms with Crippen LogP contribution in [-0.2, 0) is 9.53 Å². The van der Waals surface area contributed by atoms with Crippen LogP contribution >= 0.6 is 12.2 Å². The summed E-state index contributed by atoms with van der Waals surface area (Å²) in [6.45, 7) is 5.08. The molecule has 0 saturated carbocycles. The Bertz CT molecular complexity index is 545. The van der Waals surface area contributed by atoms with Gasteiger partial charge in [0.1, 0.15) is 5.41 Å². The van der Waals surface area contributed by atoms with Gasteiger partial charge in [0, 0.05) is 25.9 Å². The van der Waals surface area contributed by atoms with E-state index in [4.69, 9.17) is 22.7 Å².